The van der Waals surface area contributed by atoms with Crippen LogP contribution in [0.5, 0.6) is 5.75 Å². The van der Waals surface area contributed by atoms with Crippen molar-refractivity contribution in [1.29, 1.82) is 0 Å². The molecule has 0 N–H and O–H groups in total. The summed E-state index contributed by atoms with van der Waals surface area (Å²) in [7, 11) is 1.69. The lowest BCUT2D eigenvalue weighted by molar-refractivity contribution is 0.415. The van der Waals surface area contributed by atoms with Crippen molar-refractivity contribution in [2.45, 2.75) is 37.9 Å². The fraction of sp³-hybridized carbons (Fsp3) is 0.350. The second kappa shape index (κ2) is 8.00. The fourth-order valence-electron chi connectivity index (χ4n) is 3.27. The first-order valence-electron chi connectivity index (χ1n) is 9.19. The van der Waals surface area contributed by atoms with Crippen molar-refractivity contribution in [1.82, 2.24) is 24.4 Å². The zero-order chi connectivity index (χ0) is 18.6. The number of hydrogen-bond acceptors (Lipinski definition) is 5. The predicted octanol–water partition coefficient (Wildman–Crippen LogP) is 4.36. The molecule has 0 aliphatic carbocycles. The normalized spacial score (nSPS) is 11.5. The Morgan fingerprint density at radius 3 is 2.85 bits per heavy atom. The maximum Gasteiger partial charge on any atom is 0.196 e. The number of nitrogens with zero attached hydrogens (tertiary/aromatic N) is 5. The molecule has 0 saturated heterocycles. The van der Waals surface area contributed by atoms with Crippen LogP contribution in [0.25, 0.3) is 16.6 Å². The standard InChI is InChI=1S/C20H23N5OS/c1-15-13-19-22-23-20(25(19)18-14-16(26-2)7-8-17(15)18)27-12-5-3-4-10-24-11-6-9-21-24/h6-9,11,13-14H,3-5,10,12H2,1-2H3. The Hall–Kier alpha value is -2.54. The molecule has 3 aromatic heterocycles. The van der Waals surface area contributed by atoms with Crippen molar-refractivity contribution in [2.24, 2.45) is 0 Å². The molecule has 4 rings (SSSR count). The van der Waals surface area contributed by atoms with Crippen molar-refractivity contribution in [3.05, 3.63) is 48.3 Å². The van der Waals surface area contributed by atoms with Gasteiger partial charge in [-0.2, -0.15) is 5.10 Å². The summed E-state index contributed by atoms with van der Waals surface area (Å²) in [6, 6.07) is 10.2. The van der Waals surface area contributed by atoms with Crippen LogP contribution in [0, 0.1) is 6.92 Å². The highest BCUT2D eigenvalue weighted by Crippen LogP contribution is 2.29. The second-order valence-corrected chi connectivity index (χ2v) is 7.63. The van der Waals surface area contributed by atoms with E-state index in [-0.39, 0.29) is 0 Å². The molecule has 0 radical (unpaired) electrons. The third kappa shape index (κ3) is 3.78. The van der Waals surface area contributed by atoms with E-state index in [4.69, 9.17) is 4.74 Å². The summed E-state index contributed by atoms with van der Waals surface area (Å²) in [4.78, 5) is 0. The Bertz CT molecular complexity index is 1040. The zero-order valence-electron chi connectivity index (χ0n) is 15.6. The van der Waals surface area contributed by atoms with Crippen LogP contribution in [0.15, 0.2) is 47.9 Å². The lowest BCUT2D eigenvalue weighted by atomic mass is 10.1. The van der Waals surface area contributed by atoms with Crippen LogP contribution in [-0.2, 0) is 6.54 Å². The van der Waals surface area contributed by atoms with Gasteiger partial charge in [-0.25, -0.2) is 0 Å². The molecule has 1 aromatic carbocycles. The summed E-state index contributed by atoms with van der Waals surface area (Å²) in [6.45, 7) is 3.09. The Morgan fingerprint density at radius 2 is 2.04 bits per heavy atom. The van der Waals surface area contributed by atoms with Gasteiger partial charge in [0.2, 0.25) is 0 Å². The zero-order valence-corrected chi connectivity index (χ0v) is 16.4. The van der Waals surface area contributed by atoms with Crippen molar-refractivity contribution >= 4 is 28.3 Å². The van der Waals surface area contributed by atoms with Gasteiger partial charge in [-0.3, -0.25) is 9.08 Å². The van der Waals surface area contributed by atoms with Crippen LogP contribution in [0.2, 0.25) is 0 Å². The Balaban J connectivity index is 1.46. The van der Waals surface area contributed by atoms with Crippen LogP contribution in [0.3, 0.4) is 0 Å². The van der Waals surface area contributed by atoms with Gasteiger partial charge in [-0.05, 0) is 49.6 Å². The topological polar surface area (TPSA) is 57.2 Å². The minimum Gasteiger partial charge on any atom is -0.497 e. The van der Waals surface area contributed by atoms with Gasteiger partial charge >= 0.3 is 0 Å². The molecule has 0 saturated carbocycles. The molecule has 0 aliphatic heterocycles. The fourth-order valence-corrected chi connectivity index (χ4v) is 4.22. The van der Waals surface area contributed by atoms with E-state index >= 15 is 0 Å². The number of thioether (sulfide) groups is 1. The largest absolute Gasteiger partial charge is 0.497 e. The molecule has 0 aliphatic rings. The van der Waals surface area contributed by atoms with Crippen LogP contribution < -0.4 is 4.74 Å². The van der Waals surface area contributed by atoms with Gasteiger partial charge < -0.3 is 4.74 Å². The molecule has 0 spiro atoms. The van der Waals surface area contributed by atoms with E-state index in [0.29, 0.717) is 0 Å². The number of unbranched alkanes of at least 4 members (excludes halogenated alkanes) is 2. The van der Waals surface area contributed by atoms with E-state index < -0.39 is 0 Å². The number of pyridine rings is 1. The SMILES string of the molecule is COc1ccc2c(C)cc3nnc(SCCCCCn4cccn4)n3c2c1. The maximum atomic E-state index is 5.42. The second-order valence-electron chi connectivity index (χ2n) is 6.56. The minimum absolute atomic E-state index is 0.845. The van der Waals surface area contributed by atoms with E-state index in [9.17, 15) is 0 Å². The first-order chi connectivity index (χ1) is 13.3. The number of fused-ring (bicyclic) bond motifs is 3. The number of benzene rings is 1. The first-order valence-corrected chi connectivity index (χ1v) is 10.2. The summed E-state index contributed by atoms with van der Waals surface area (Å²) >= 11 is 1.76. The van der Waals surface area contributed by atoms with Crippen molar-refractivity contribution in [3.63, 3.8) is 0 Å². The lowest BCUT2D eigenvalue weighted by Crippen LogP contribution is -1.98. The van der Waals surface area contributed by atoms with Gasteiger partial charge in [0.15, 0.2) is 10.8 Å². The number of aromatic nitrogens is 5. The molecule has 7 heteroatoms. The molecular formula is C20H23N5OS. The minimum atomic E-state index is 0.845. The van der Waals surface area contributed by atoms with Crippen LogP contribution in [0.4, 0.5) is 0 Å². The molecule has 0 amide bonds. The third-order valence-electron chi connectivity index (χ3n) is 4.70. The number of hydrogen-bond donors (Lipinski definition) is 0. The molecule has 140 valence electrons. The van der Waals surface area contributed by atoms with Crippen molar-refractivity contribution in [2.75, 3.05) is 12.9 Å². The Morgan fingerprint density at radius 1 is 1.11 bits per heavy atom. The Kier molecular flexibility index (Phi) is 5.29. The third-order valence-corrected chi connectivity index (χ3v) is 5.71. The molecule has 0 unspecified atom stereocenters. The molecule has 0 fully saturated rings. The highest BCUT2D eigenvalue weighted by molar-refractivity contribution is 7.99. The smallest absolute Gasteiger partial charge is 0.196 e. The van der Waals surface area contributed by atoms with Gasteiger partial charge in [0.05, 0.1) is 12.6 Å². The summed E-state index contributed by atoms with van der Waals surface area (Å²) in [6.07, 6.45) is 7.30. The number of aryl methyl sites for hydroxylation is 2. The molecule has 0 bridgehead atoms. The maximum absolute atomic E-state index is 5.42. The van der Waals surface area contributed by atoms with Gasteiger partial charge in [-0.15, -0.1) is 10.2 Å². The number of ether oxygens (including phenoxy) is 1. The van der Waals surface area contributed by atoms with Gasteiger partial charge in [-0.1, -0.05) is 18.2 Å². The van der Waals surface area contributed by atoms with Gasteiger partial charge in [0.25, 0.3) is 0 Å². The first kappa shape index (κ1) is 17.9. The highest BCUT2D eigenvalue weighted by Gasteiger charge is 2.12. The van der Waals surface area contributed by atoms with E-state index in [0.717, 1.165) is 47.2 Å². The lowest BCUT2D eigenvalue weighted by Gasteiger charge is -2.09. The van der Waals surface area contributed by atoms with Crippen molar-refractivity contribution in [3.8, 4) is 5.75 Å². The molecule has 27 heavy (non-hydrogen) atoms. The van der Waals surface area contributed by atoms with E-state index in [1.807, 2.05) is 29.2 Å². The summed E-state index contributed by atoms with van der Waals surface area (Å²) in [5.41, 5.74) is 3.17. The van der Waals surface area contributed by atoms with Crippen molar-refractivity contribution < 1.29 is 4.74 Å². The van der Waals surface area contributed by atoms with Gasteiger partial charge in [0.1, 0.15) is 5.75 Å². The van der Waals surface area contributed by atoms with Crippen LogP contribution in [-0.4, -0.2) is 37.2 Å². The van der Waals surface area contributed by atoms with E-state index in [1.54, 1.807) is 18.9 Å². The van der Waals surface area contributed by atoms with Gasteiger partial charge in [0, 0.05) is 36.1 Å². The highest BCUT2D eigenvalue weighted by atomic mass is 32.2. The van der Waals surface area contributed by atoms with E-state index in [1.165, 1.54) is 17.4 Å². The quantitative estimate of drug-likeness (QED) is 0.335. The summed E-state index contributed by atoms with van der Waals surface area (Å²) in [5.74, 6) is 1.87. The van der Waals surface area contributed by atoms with E-state index in [2.05, 4.69) is 44.8 Å². The number of methoxy groups -OCH3 is 1. The molecule has 0 atom stereocenters. The Labute approximate surface area is 162 Å². The van der Waals surface area contributed by atoms with Crippen LogP contribution >= 0.6 is 11.8 Å². The summed E-state index contributed by atoms with van der Waals surface area (Å²) < 4.78 is 9.54. The molecule has 6 nitrogen and oxygen atoms in total. The average molecular weight is 382 g/mol. The van der Waals surface area contributed by atoms with Crippen LogP contribution in [0.1, 0.15) is 24.8 Å². The molecular weight excluding hydrogens is 358 g/mol. The molecule has 4 aromatic rings. The number of rotatable bonds is 8. The summed E-state index contributed by atoms with van der Waals surface area (Å²) in [5, 5.41) is 15.2. The predicted molar refractivity (Wildman–Crippen MR) is 109 cm³/mol. The molecule has 3 heterocycles. The average Bonchev–Trinajstić information content (AvgIpc) is 3.34. The monoisotopic (exact) mass is 381 g/mol.